The van der Waals surface area contributed by atoms with Crippen LogP contribution in [0.2, 0.25) is 0 Å². The molecule has 4 nitrogen and oxygen atoms in total. The Morgan fingerprint density at radius 1 is 1.53 bits per heavy atom. The molecule has 0 saturated carbocycles. The largest absolute Gasteiger partial charge is 0.355 e. The number of hydrogen-bond acceptors (Lipinski definition) is 4. The van der Waals surface area contributed by atoms with E-state index in [4.69, 9.17) is 0 Å². The van der Waals surface area contributed by atoms with Crippen LogP contribution in [0.1, 0.15) is 31.4 Å². The average molecular weight is 262 g/mol. The molecule has 0 bridgehead atoms. The first kappa shape index (κ1) is 14.3. The second kappa shape index (κ2) is 6.35. The fraction of sp³-hybridized carbons (Fsp3) is 0.667. The van der Waals surface area contributed by atoms with Crippen molar-refractivity contribution in [3.05, 3.63) is 23.9 Å². The molecule has 0 radical (unpaired) electrons. The molecule has 0 aromatic carbocycles. The number of likely N-dealkylation sites (tertiary alicyclic amines) is 1. The summed E-state index contributed by atoms with van der Waals surface area (Å²) in [6.07, 6.45) is 4.45. The Kier molecular flexibility index (Phi) is 4.77. The van der Waals surface area contributed by atoms with Gasteiger partial charge >= 0.3 is 0 Å². The molecule has 1 saturated heterocycles. The molecule has 1 fully saturated rings. The third-order valence-electron chi connectivity index (χ3n) is 4.21. The maximum absolute atomic E-state index is 4.54. The van der Waals surface area contributed by atoms with Crippen LogP contribution in [0.5, 0.6) is 0 Å². The second-order valence-electron chi connectivity index (χ2n) is 5.63. The summed E-state index contributed by atoms with van der Waals surface area (Å²) >= 11 is 0. The molecule has 2 unspecified atom stereocenters. The Morgan fingerprint density at radius 3 is 3.00 bits per heavy atom. The van der Waals surface area contributed by atoms with Crippen LogP contribution in [0.4, 0.5) is 5.82 Å². The Hall–Kier alpha value is -1.13. The third kappa shape index (κ3) is 3.45. The lowest BCUT2D eigenvalue weighted by atomic mass is 10.0. The zero-order chi connectivity index (χ0) is 13.8. The summed E-state index contributed by atoms with van der Waals surface area (Å²) in [6, 6.07) is 5.23. The number of rotatable bonds is 4. The summed E-state index contributed by atoms with van der Waals surface area (Å²) in [6.45, 7) is 4.52. The summed E-state index contributed by atoms with van der Waals surface area (Å²) in [5.74, 6) is 1.08. The van der Waals surface area contributed by atoms with Gasteiger partial charge in [0.1, 0.15) is 5.82 Å². The number of aromatic nitrogens is 1. The summed E-state index contributed by atoms with van der Waals surface area (Å²) < 4.78 is 0. The van der Waals surface area contributed by atoms with E-state index in [-0.39, 0.29) is 0 Å². The Balaban J connectivity index is 2.12. The highest BCUT2D eigenvalue weighted by Crippen LogP contribution is 2.22. The first-order chi connectivity index (χ1) is 9.11. The molecule has 2 heterocycles. The molecule has 106 valence electrons. The number of nitrogens with zero attached hydrogens (tertiary/aromatic N) is 3. The number of anilines is 1. The third-order valence-corrected chi connectivity index (χ3v) is 4.21. The van der Waals surface area contributed by atoms with Crippen LogP contribution in [-0.2, 0) is 0 Å². The highest BCUT2D eigenvalue weighted by Gasteiger charge is 2.22. The average Bonchev–Trinajstić information content (AvgIpc) is 2.45. The van der Waals surface area contributed by atoms with Gasteiger partial charge in [-0.2, -0.15) is 0 Å². The predicted octanol–water partition coefficient (Wildman–Crippen LogP) is 1.89. The molecule has 0 amide bonds. The minimum Gasteiger partial charge on any atom is -0.355 e. The molecule has 19 heavy (non-hydrogen) atoms. The van der Waals surface area contributed by atoms with Gasteiger partial charge in [0, 0.05) is 31.9 Å². The van der Waals surface area contributed by atoms with Gasteiger partial charge in [0.15, 0.2) is 0 Å². The number of likely N-dealkylation sites (N-methyl/N-ethyl adjacent to an activating group) is 2. The molecule has 0 spiro atoms. The van der Waals surface area contributed by atoms with E-state index in [1.54, 1.807) is 0 Å². The van der Waals surface area contributed by atoms with E-state index in [0.717, 1.165) is 12.4 Å². The fourth-order valence-electron chi connectivity index (χ4n) is 2.71. The van der Waals surface area contributed by atoms with Gasteiger partial charge in [-0.15, -0.1) is 0 Å². The minimum absolute atomic E-state index is 0.365. The van der Waals surface area contributed by atoms with Crippen molar-refractivity contribution in [1.29, 1.82) is 0 Å². The molecule has 2 rings (SSSR count). The van der Waals surface area contributed by atoms with Crippen molar-refractivity contribution in [2.24, 2.45) is 0 Å². The van der Waals surface area contributed by atoms with Gasteiger partial charge in [-0.05, 0) is 58.1 Å². The van der Waals surface area contributed by atoms with Crippen molar-refractivity contribution >= 4 is 5.82 Å². The van der Waals surface area contributed by atoms with Crippen molar-refractivity contribution in [3.8, 4) is 0 Å². The summed E-state index contributed by atoms with van der Waals surface area (Å²) in [7, 11) is 6.36. The maximum atomic E-state index is 4.54. The Morgan fingerprint density at radius 2 is 2.32 bits per heavy atom. The van der Waals surface area contributed by atoms with Crippen molar-refractivity contribution in [2.45, 2.75) is 31.8 Å². The van der Waals surface area contributed by atoms with Gasteiger partial charge in [0.25, 0.3) is 0 Å². The van der Waals surface area contributed by atoms with Gasteiger partial charge in [-0.1, -0.05) is 0 Å². The van der Waals surface area contributed by atoms with Gasteiger partial charge in [0.2, 0.25) is 0 Å². The Labute approximate surface area is 116 Å². The number of piperidine rings is 1. The SMILES string of the molecule is CNC(C)c1ccnc(N(C)C2CCCN(C)C2)c1. The van der Waals surface area contributed by atoms with Gasteiger partial charge in [-0.25, -0.2) is 4.98 Å². The molecule has 1 aliphatic heterocycles. The molecule has 1 aromatic rings. The van der Waals surface area contributed by atoms with E-state index < -0.39 is 0 Å². The lowest BCUT2D eigenvalue weighted by Gasteiger charge is -2.36. The van der Waals surface area contributed by atoms with Crippen LogP contribution in [0.3, 0.4) is 0 Å². The first-order valence-corrected chi connectivity index (χ1v) is 7.16. The van der Waals surface area contributed by atoms with Crippen LogP contribution in [-0.4, -0.2) is 50.2 Å². The molecular formula is C15H26N4. The van der Waals surface area contributed by atoms with E-state index in [1.807, 2.05) is 13.2 Å². The molecule has 2 atom stereocenters. The van der Waals surface area contributed by atoms with Crippen molar-refractivity contribution in [1.82, 2.24) is 15.2 Å². The monoisotopic (exact) mass is 262 g/mol. The van der Waals surface area contributed by atoms with Crippen molar-refractivity contribution in [2.75, 3.05) is 39.1 Å². The van der Waals surface area contributed by atoms with E-state index in [1.165, 1.54) is 24.9 Å². The molecule has 1 aliphatic rings. The summed E-state index contributed by atoms with van der Waals surface area (Å²) in [4.78, 5) is 9.28. The highest BCUT2D eigenvalue weighted by atomic mass is 15.2. The van der Waals surface area contributed by atoms with Crippen LogP contribution < -0.4 is 10.2 Å². The zero-order valence-corrected chi connectivity index (χ0v) is 12.6. The first-order valence-electron chi connectivity index (χ1n) is 7.16. The number of pyridine rings is 1. The zero-order valence-electron chi connectivity index (χ0n) is 12.6. The topological polar surface area (TPSA) is 31.4 Å². The van der Waals surface area contributed by atoms with E-state index in [9.17, 15) is 0 Å². The lowest BCUT2D eigenvalue weighted by Crippen LogP contribution is -2.45. The van der Waals surface area contributed by atoms with Crippen LogP contribution in [0.25, 0.3) is 0 Å². The second-order valence-corrected chi connectivity index (χ2v) is 5.63. The standard InChI is InChI=1S/C15H26N4/c1-12(16-2)13-7-8-17-15(10-13)19(4)14-6-5-9-18(3)11-14/h7-8,10,12,14,16H,5-6,9,11H2,1-4H3. The van der Waals surface area contributed by atoms with E-state index >= 15 is 0 Å². The van der Waals surface area contributed by atoms with Crippen molar-refractivity contribution < 1.29 is 0 Å². The summed E-state index contributed by atoms with van der Waals surface area (Å²) in [5.41, 5.74) is 1.29. The predicted molar refractivity (Wildman–Crippen MR) is 80.6 cm³/mol. The summed E-state index contributed by atoms with van der Waals surface area (Å²) in [5, 5.41) is 3.28. The quantitative estimate of drug-likeness (QED) is 0.898. The van der Waals surface area contributed by atoms with Crippen LogP contribution in [0.15, 0.2) is 18.3 Å². The van der Waals surface area contributed by atoms with Crippen molar-refractivity contribution in [3.63, 3.8) is 0 Å². The minimum atomic E-state index is 0.365. The molecule has 0 aliphatic carbocycles. The number of hydrogen-bond donors (Lipinski definition) is 1. The molecule has 1 N–H and O–H groups in total. The van der Waals surface area contributed by atoms with Gasteiger partial charge in [-0.3, -0.25) is 0 Å². The van der Waals surface area contributed by atoms with Crippen LogP contribution in [0, 0.1) is 0 Å². The normalized spacial score (nSPS) is 22.2. The smallest absolute Gasteiger partial charge is 0.128 e. The maximum Gasteiger partial charge on any atom is 0.128 e. The van der Waals surface area contributed by atoms with Gasteiger partial charge in [0.05, 0.1) is 0 Å². The lowest BCUT2D eigenvalue weighted by molar-refractivity contribution is 0.247. The molecular weight excluding hydrogens is 236 g/mol. The fourth-order valence-corrected chi connectivity index (χ4v) is 2.71. The van der Waals surface area contributed by atoms with Gasteiger partial charge < -0.3 is 15.1 Å². The van der Waals surface area contributed by atoms with Crippen LogP contribution >= 0.6 is 0 Å². The molecule has 1 aromatic heterocycles. The highest BCUT2D eigenvalue weighted by molar-refractivity contribution is 5.42. The van der Waals surface area contributed by atoms with E-state index in [0.29, 0.717) is 12.1 Å². The molecule has 4 heteroatoms. The Bertz CT molecular complexity index is 407. The van der Waals surface area contributed by atoms with E-state index in [2.05, 4.69) is 53.3 Å². The number of nitrogens with one attached hydrogen (secondary N) is 1.